The Bertz CT molecular complexity index is 447. The Labute approximate surface area is 74.1 Å². The Morgan fingerprint density at radius 3 is 3.23 bits per heavy atom. The summed E-state index contributed by atoms with van der Waals surface area (Å²) >= 11 is 0. The summed E-state index contributed by atoms with van der Waals surface area (Å²) in [6, 6.07) is 4.89. The lowest BCUT2D eigenvalue weighted by Crippen LogP contribution is -2.00. The van der Waals surface area contributed by atoms with Crippen molar-refractivity contribution in [3.63, 3.8) is 0 Å². The van der Waals surface area contributed by atoms with Gasteiger partial charge in [0, 0.05) is 0 Å². The summed E-state index contributed by atoms with van der Waals surface area (Å²) in [5, 5.41) is 0. The second-order valence-corrected chi connectivity index (χ2v) is 2.48. The van der Waals surface area contributed by atoms with Crippen LogP contribution in [0.25, 0.3) is 11.1 Å². The number of fused-ring (bicyclic) bond motifs is 1. The standard InChI is InChI=1S/C9H6NO3/c1-12-9(11)6-2-3-7-8(4-6)13-5-10-7/h2-4H,1H3. The molecule has 2 aromatic rings. The Hall–Kier alpha value is -1.84. The summed E-state index contributed by atoms with van der Waals surface area (Å²) in [4.78, 5) is 14.9. The maximum absolute atomic E-state index is 11.1. The van der Waals surface area contributed by atoms with Gasteiger partial charge in [-0.1, -0.05) is 0 Å². The van der Waals surface area contributed by atoms with Gasteiger partial charge in [0.25, 0.3) is 6.39 Å². The summed E-state index contributed by atoms with van der Waals surface area (Å²) in [6.07, 6.45) is 2.34. The zero-order valence-corrected chi connectivity index (χ0v) is 6.90. The van der Waals surface area contributed by atoms with Gasteiger partial charge in [0.2, 0.25) is 0 Å². The zero-order valence-electron chi connectivity index (χ0n) is 6.90. The van der Waals surface area contributed by atoms with E-state index in [4.69, 9.17) is 4.42 Å². The van der Waals surface area contributed by atoms with E-state index in [1.807, 2.05) is 0 Å². The molecule has 0 aliphatic rings. The smallest absolute Gasteiger partial charge is 0.337 e. The molecule has 13 heavy (non-hydrogen) atoms. The third-order valence-corrected chi connectivity index (χ3v) is 1.70. The highest BCUT2D eigenvalue weighted by Gasteiger charge is 2.07. The monoisotopic (exact) mass is 176 g/mol. The molecule has 65 valence electrons. The molecule has 1 radical (unpaired) electrons. The summed E-state index contributed by atoms with van der Waals surface area (Å²) in [6.45, 7) is 0. The molecule has 0 bridgehead atoms. The zero-order chi connectivity index (χ0) is 9.26. The van der Waals surface area contributed by atoms with Gasteiger partial charge in [-0.15, -0.1) is 0 Å². The molecule has 0 saturated carbocycles. The second-order valence-electron chi connectivity index (χ2n) is 2.48. The van der Waals surface area contributed by atoms with Crippen LogP contribution < -0.4 is 0 Å². The van der Waals surface area contributed by atoms with Crippen LogP contribution in [-0.4, -0.2) is 18.1 Å². The first-order valence-electron chi connectivity index (χ1n) is 3.66. The fourth-order valence-electron chi connectivity index (χ4n) is 1.05. The molecule has 4 heteroatoms. The Morgan fingerprint density at radius 1 is 1.62 bits per heavy atom. The average molecular weight is 176 g/mol. The second kappa shape index (κ2) is 2.90. The molecule has 1 aromatic heterocycles. The predicted molar refractivity (Wildman–Crippen MR) is 44.2 cm³/mol. The van der Waals surface area contributed by atoms with Gasteiger partial charge in [0.1, 0.15) is 5.52 Å². The number of rotatable bonds is 1. The van der Waals surface area contributed by atoms with E-state index >= 15 is 0 Å². The van der Waals surface area contributed by atoms with Gasteiger partial charge in [0.15, 0.2) is 5.58 Å². The highest BCUT2D eigenvalue weighted by molar-refractivity contribution is 5.92. The topological polar surface area (TPSA) is 52.3 Å². The van der Waals surface area contributed by atoms with Gasteiger partial charge in [0.05, 0.1) is 12.7 Å². The van der Waals surface area contributed by atoms with Crippen molar-refractivity contribution in [3.8, 4) is 0 Å². The van der Waals surface area contributed by atoms with Crippen molar-refractivity contribution in [2.24, 2.45) is 0 Å². The van der Waals surface area contributed by atoms with Crippen LogP contribution >= 0.6 is 0 Å². The summed E-state index contributed by atoms with van der Waals surface area (Å²) in [7, 11) is 1.33. The van der Waals surface area contributed by atoms with Crippen LogP contribution in [-0.2, 0) is 4.74 Å². The Kier molecular flexibility index (Phi) is 1.73. The summed E-state index contributed by atoms with van der Waals surface area (Å²) in [5.74, 6) is -0.390. The highest BCUT2D eigenvalue weighted by Crippen LogP contribution is 2.14. The molecular weight excluding hydrogens is 170 g/mol. The quantitative estimate of drug-likeness (QED) is 0.616. The molecule has 0 fully saturated rings. The van der Waals surface area contributed by atoms with E-state index in [2.05, 4.69) is 16.1 Å². The van der Waals surface area contributed by atoms with Gasteiger partial charge in [-0.2, -0.15) is 0 Å². The maximum atomic E-state index is 11.1. The number of aromatic nitrogens is 1. The first-order valence-corrected chi connectivity index (χ1v) is 3.66. The summed E-state index contributed by atoms with van der Waals surface area (Å²) in [5.41, 5.74) is 1.65. The van der Waals surface area contributed by atoms with Crippen LogP contribution in [0.5, 0.6) is 0 Å². The molecule has 0 atom stereocenters. The molecular formula is C9H6NO3. The lowest BCUT2D eigenvalue weighted by molar-refractivity contribution is 0.0601. The fourth-order valence-corrected chi connectivity index (χ4v) is 1.05. The van der Waals surface area contributed by atoms with Gasteiger partial charge in [-0.3, -0.25) is 0 Å². The van der Waals surface area contributed by atoms with Gasteiger partial charge < -0.3 is 9.15 Å². The third-order valence-electron chi connectivity index (χ3n) is 1.70. The van der Waals surface area contributed by atoms with Crippen molar-refractivity contribution < 1.29 is 13.9 Å². The van der Waals surface area contributed by atoms with Gasteiger partial charge in [-0.25, -0.2) is 9.78 Å². The van der Waals surface area contributed by atoms with Crippen LogP contribution in [0.1, 0.15) is 10.4 Å². The lowest BCUT2D eigenvalue weighted by Gasteiger charge is -1.96. The van der Waals surface area contributed by atoms with E-state index in [1.54, 1.807) is 18.2 Å². The Balaban J connectivity index is 2.54. The number of nitrogens with zero attached hydrogens (tertiary/aromatic N) is 1. The highest BCUT2D eigenvalue weighted by atomic mass is 16.5. The van der Waals surface area contributed by atoms with E-state index in [0.717, 1.165) is 0 Å². The van der Waals surface area contributed by atoms with Crippen molar-refractivity contribution >= 4 is 17.1 Å². The molecule has 0 saturated heterocycles. The molecule has 0 unspecified atom stereocenters. The Morgan fingerprint density at radius 2 is 2.46 bits per heavy atom. The number of oxazole rings is 1. The average Bonchev–Trinajstić information content (AvgIpc) is 2.63. The molecule has 0 amide bonds. The molecule has 0 N–H and O–H groups in total. The van der Waals surface area contributed by atoms with E-state index in [9.17, 15) is 4.79 Å². The SMILES string of the molecule is COC(=O)c1ccc2n[c]oc2c1. The minimum Gasteiger partial charge on any atom is -0.465 e. The van der Waals surface area contributed by atoms with Gasteiger partial charge >= 0.3 is 5.97 Å². The minimum atomic E-state index is -0.390. The molecule has 4 nitrogen and oxygen atoms in total. The van der Waals surface area contributed by atoms with Gasteiger partial charge in [-0.05, 0) is 18.2 Å². The number of carbonyl (C=O) groups is 1. The number of hydrogen-bond acceptors (Lipinski definition) is 4. The van der Waals surface area contributed by atoms with E-state index in [1.165, 1.54) is 7.11 Å². The van der Waals surface area contributed by atoms with Crippen LogP contribution in [0, 0.1) is 6.39 Å². The first kappa shape index (κ1) is 7.79. The lowest BCUT2D eigenvalue weighted by atomic mass is 10.2. The fraction of sp³-hybridized carbons (Fsp3) is 0.111. The summed E-state index contributed by atoms with van der Waals surface area (Å²) < 4.78 is 9.46. The predicted octanol–water partition coefficient (Wildman–Crippen LogP) is 1.41. The molecule has 2 rings (SSSR count). The number of benzene rings is 1. The van der Waals surface area contributed by atoms with Crippen molar-refractivity contribution in [2.45, 2.75) is 0 Å². The van der Waals surface area contributed by atoms with Crippen LogP contribution in [0.2, 0.25) is 0 Å². The molecule has 0 spiro atoms. The first-order chi connectivity index (χ1) is 6.31. The maximum Gasteiger partial charge on any atom is 0.337 e. The van der Waals surface area contributed by atoms with E-state index < -0.39 is 5.97 Å². The molecule has 0 aliphatic carbocycles. The molecule has 1 aromatic carbocycles. The number of hydrogen-bond donors (Lipinski definition) is 0. The van der Waals surface area contributed by atoms with Crippen molar-refractivity contribution in [1.82, 2.24) is 4.98 Å². The molecule has 0 aliphatic heterocycles. The van der Waals surface area contributed by atoms with E-state index in [-0.39, 0.29) is 0 Å². The minimum absolute atomic E-state index is 0.390. The van der Waals surface area contributed by atoms with Crippen LogP contribution in [0.3, 0.4) is 0 Å². The van der Waals surface area contributed by atoms with E-state index in [0.29, 0.717) is 16.7 Å². The third kappa shape index (κ3) is 1.26. The number of methoxy groups -OCH3 is 1. The largest absolute Gasteiger partial charge is 0.465 e. The van der Waals surface area contributed by atoms with Crippen molar-refractivity contribution in [2.75, 3.05) is 7.11 Å². The number of ether oxygens (including phenoxy) is 1. The number of esters is 1. The van der Waals surface area contributed by atoms with Crippen LogP contribution in [0.15, 0.2) is 22.6 Å². The molecule has 1 heterocycles. The number of carbonyl (C=O) groups excluding carboxylic acids is 1. The van der Waals surface area contributed by atoms with Crippen molar-refractivity contribution in [1.29, 1.82) is 0 Å². The van der Waals surface area contributed by atoms with Crippen LogP contribution in [0.4, 0.5) is 0 Å². The van der Waals surface area contributed by atoms with Crippen molar-refractivity contribution in [3.05, 3.63) is 30.2 Å². The normalized spacial score (nSPS) is 10.2.